The summed E-state index contributed by atoms with van der Waals surface area (Å²) in [4.78, 5) is 4.02. The lowest BCUT2D eigenvalue weighted by molar-refractivity contribution is 1.19. The number of anilines is 1. The van der Waals surface area contributed by atoms with E-state index in [4.69, 9.17) is 17.3 Å². The summed E-state index contributed by atoms with van der Waals surface area (Å²) in [6, 6.07) is 5.61. The van der Waals surface area contributed by atoms with Gasteiger partial charge >= 0.3 is 0 Å². The molecular formula is C7H6ClN3. The van der Waals surface area contributed by atoms with Gasteiger partial charge in [-0.1, -0.05) is 17.7 Å². The van der Waals surface area contributed by atoms with Crippen LogP contribution in [0.1, 0.15) is 0 Å². The van der Waals surface area contributed by atoms with Crippen molar-refractivity contribution in [2.45, 2.75) is 0 Å². The normalized spacial score (nSPS) is 10.6. The number of hydrogen-bond acceptors (Lipinski definition) is 2. The van der Waals surface area contributed by atoms with Gasteiger partial charge in [-0.05, 0) is 12.1 Å². The van der Waals surface area contributed by atoms with Crippen LogP contribution in [0.2, 0.25) is 5.15 Å². The number of nitrogens with two attached hydrogens (primary N) is 1. The Morgan fingerprint density at radius 3 is 3.00 bits per heavy atom. The molecule has 0 fully saturated rings. The molecule has 0 atom stereocenters. The maximum absolute atomic E-state index is 5.82. The topological polar surface area (TPSA) is 43.3 Å². The Morgan fingerprint density at radius 2 is 2.27 bits per heavy atom. The molecule has 0 bridgehead atoms. The van der Waals surface area contributed by atoms with Gasteiger partial charge in [-0.15, -0.1) is 0 Å². The van der Waals surface area contributed by atoms with Crippen molar-refractivity contribution in [3.8, 4) is 0 Å². The smallest absolute Gasteiger partial charge is 0.162 e. The van der Waals surface area contributed by atoms with Gasteiger partial charge in [0.15, 0.2) is 11.0 Å². The van der Waals surface area contributed by atoms with Gasteiger partial charge in [-0.3, -0.25) is 4.40 Å². The van der Waals surface area contributed by atoms with Crippen LogP contribution in [0.3, 0.4) is 0 Å². The second-order valence-electron chi connectivity index (χ2n) is 2.22. The van der Waals surface area contributed by atoms with Crippen LogP contribution in [-0.4, -0.2) is 9.38 Å². The number of aromatic nitrogens is 2. The van der Waals surface area contributed by atoms with Crippen LogP contribution >= 0.6 is 11.6 Å². The fourth-order valence-corrected chi connectivity index (χ4v) is 1.17. The summed E-state index contributed by atoms with van der Waals surface area (Å²) in [5, 5.41) is 0.473. The standard InChI is InChI=1S/C7H6ClN3/c8-6-7(9)10-5-3-1-2-4-11(5)6/h1-4H,9H2. The first-order valence-electron chi connectivity index (χ1n) is 3.17. The monoisotopic (exact) mass is 167 g/mol. The minimum absolute atomic E-state index is 0.373. The molecule has 4 heteroatoms. The molecule has 0 unspecified atom stereocenters. The van der Waals surface area contributed by atoms with E-state index in [0.29, 0.717) is 11.0 Å². The fourth-order valence-electron chi connectivity index (χ4n) is 0.984. The zero-order chi connectivity index (χ0) is 7.84. The van der Waals surface area contributed by atoms with Gasteiger partial charge in [0.2, 0.25) is 0 Å². The lowest BCUT2D eigenvalue weighted by Gasteiger charge is -1.90. The van der Waals surface area contributed by atoms with Gasteiger partial charge in [0.05, 0.1) is 0 Å². The van der Waals surface area contributed by atoms with Crippen molar-refractivity contribution in [3.05, 3.63) is 29.5 Å². The third kappa shape index (κ3) is 0.851. The van der Waals surface area contributed by atoms with E-state index in [1.165, 1.54) is 0 Å². The molecule has 0 saturated heterocycles. The molecule has 2 heterocycles. The van der Waals surface area contributed by atoms with Crippen LogP contribution < -0.4 is 5.73 Å². The lowest BCUT2D eigenvalue weighted by Crippen LogP contribution is -1.84. The van der Waals surface area contributed by atoms with Crippen molar-refractivity contribution >= 4 is 23.1 Å². The van der Waals surface area contributed by atoms with Crippen LogP contribution in [0.15, 0.2) is 24.4 Å². The van der Waals surface area contributed by atoms with Gasteiger partial charge in [-0.2, -0.15) is 0 Å². The highest BCUT2D eigenvalue weighted by Crippen LogP contribution is 2.18. The summed E-state index contributed by atoms with van der Waals surface area (Å²) in [5.74, 6) is 0.373. The molecule has 0 amide bonds. The third-order valence-electron chi connectivity index (χ3n) is 1.50. The second kappa shape index (κ2) is 2.13. The number of nitrogen functional groups attached to an aromatic ring is 1. The Bertz CT molecular complexity index is 393. The highest BCUT2D eigenvalue weighted by molar-refractivity contribution is 6.32. The first-order chi connectivity index (χ1) is 5.29. The Labute approximate surface area is 68.4 Å². The van der Waals surface area contributed by atoms with Gasteiger partial charge in [0.25, 0.3) is 0 Å². The minimum Gasteiger partial charge on any atom is -0.381 e. The van der Waals surface area contributed by atoms with Crippen molar-refractivity contribution in [1.82, 2.24) is 9.38 Å². The fraction of sp³-hybridized carbons (Fsp3) is 0. The first kappa shape index (κ1) is 6.49. The minimum atomic E-state index is 0.373. The Balaban J connectivity index is 2.92. The number of pyridine rings is 1. The van der Waals surface area contributed by atoms with E-state index in [-0.39, 0.29) is 0 Å². The van der Waals surface area contributed by atoms with E-state index >= 15 is 0 Å². The van der Waals surface area contributed by atoms with Crippen molar-refractivity contribution < 1.29 is 0 Å². The molecule has 56 valence electrons. The molecule has 0 aliphatic heterocycles. The van der Waals surface area contributed by atoms with Gasteiger partial charge in [0.1, 0.15) is 5.65 Å². The van der Waals surface area contributed by atoms with Crippen LogP contribution in [0.5, 0.6) is 0 Å². The molecule has 11 heavy (non-hydrogen) atoms. The van der Waals surface area contributed by atoms with Gasteiger partial charge < -0.3 is 5.73 Å². The molecule has 2 rings (SSSR count). The van der Waals surface area contributed by atoms with E-state index in [1.54, 1.807) is 4.40 Å². The van der Waals surface area contributed by atoms with E-state index in [9.17, 15) is 0 Å². The van der Waals surface area contributed by atoms with Gasteiger partial charge in [0, 0.05) is 6.20 Å². The summed E-state index contributed by atoms with van der Waals surface area (Å²) in [5.41, 5.74) is 6.26. The Kier molecular flexibility index (Phi) is 1.26. The van der Waals surface area contributed by atoms with Crippen molar-refractivity contribution in [1.29, 1.82) is 0 Å². The number of nitrogens with zero attached hydrogens (tertiary/aromatic N) is 2. The average molecular weight is 168 g/mol. The lowest BCUT2D eigenvalue weighted by atomic mass is 10.5. The van der Waals surface area contributed by atoms with Crippen molar-refractivity contribution in [2.75, 3.05) is 5.73 Å². The highest BCUT2D eigenvalue weighted by atomic mass is 35.5. The number of imidazole rings is 1. The maximum atomic E-state index is 5.82. The summed E-state index contributed by atoms with van der Waals surface area (Å²) >= 11 is 5.82. The zero-order valence-electron chi connectivity index (χ0n) is 5.66. The molecule has 2 aromatic heterocycles. The molecule has 0 aliphatic carbocycles. The molecule has 0 radical (unpaired) electrons. The molecule has 3 nitrogen and oxygen atoms in total. The molecular weight excluding hydrogens is 162 g/mol. The summed E-state index contributed by atoms with van der Waals surface area (Å²) in [7, 11) is 0. The number of rotatable bonds is 0. The van der Waals surface area contributed by atoms with Crippen LogP contribution in [0, 0.1) is 0 Å². The Hall–Kier alpha value is -1.22. The summed E-state index contributed by atoms with van der Waals surface area (Å²) in [6.07, 6.45) is 1.82. The molecule has 0 spiro atoms. The third-order valence-corrected chi connectivity index (χ3v) is 1.87. The van der Waals surface area contributed by atoms with Gasteiger partial charge in [-0.25, -0.2) is 4.98 Å². The van der Waals surface area contributed by atoms with E-state index in [1.807, 2.05) is 24.4 Å². The quantitative estimate of drug-likeness (QED) is 0.647. The first-order valence-corrected chi connectivity index (χ1v) is 3.55. The largest absolute Gasteiger partial charge is 0.381 e. The SMILES string of the molecule is Nc1nc2ccccn2c1Cl. The second-order valence-corrected chi connectivity index (χ2v) is 2.57. The van der Waals surface area contributed by atoms with E-state index in [0.717, 1.165) is 5.65 Å². The van der Waals surface area contributed by atoms with Crippen LogP contribution in [-0.2, 0) is 0 Å². The molecule has 0 aromatic carbocycles. The molecule has 2 N–H and O–H groups in total. The molecule has 2 aromatic rings. The molecule has 0 saturated carbocycles. The predicted octanol–water partition coefficient (Wildman–Crippen LogP) is 1.57. The maximum Gasteiger partial charge on any atom is 0.162 e. The number of fused-ring (bicyclic) bond motifs is 1. The highest BCUT2D eigenvalue weighted by Gasteiger charge is 2.03. The van der Waals surface area contributed by atoms with E-state index < -0.39 is 0 Å². The summed E-state index contributed by atoms with van der Waals surface area (Å²) < 4.78 is 1.73. The number of hydrogen-bond donors (Lipinski definition) is 1. The van der Waals surface area contributed by atoms with Crippen molar-refractivity contribution in [3.63, 3.8) is 0 Å². The van der Waals surface area contributed by atoms with E-state index in [2.05, 4.69) is 4.98 Å². The average Bonchev–Trinajstić information content (AvgIpc) is 2.30. The Morgan fingerprint density at radius 1 is 1.45 bits per heavy atom. The zero-order valence-corrected chi connectivity index (χ0v) is 6.42. The van der Waals surface area contributed by atoms with Crippen LogP contribution in [0.25, 0.3) is 5.65 Å². The number of halogens is 1. The van der Waals surface area contributed by atoms with Crippen molar-refractivity contribution in [2.24, 2.45) is 0 Å². The van der Waals surface area contributed by atoms with Crippen LogP contribution in [0.4, 0.5) is 5.82 Å². The molecule has 0 aliphatic rings. The summed E-state index contributed by atoms with van der Waals surface area (Å²) in [6.45, 7) is 0. The predicted molar refractivity (Wildman–Crippen MR) is 44.6 cm³/mol.